The van der Waals surface area contributed by atoms with Crippen LogP contribution >= 0.6 is 0 Å². The van der Waals surface area contributed by atoms with Crippen molar-refractivity contribution in [2.75, 3.05) is 19.8 Å². The predicted molar refractivity (Wildman–Crippen MR) is 57.4 cm³/mol. The maximum atomic E-state index is 13.6. The number of aliphatic hydroxyl groups excluding tert-OH is 1. The van der Waals surface area contributed by atoms with E-state index < -0.39 is 0 Å². The quantitative estimate of drug-likeness (QED) is 0.855. The highest BCUT2D eigenvalue weighted by atomic mass is 19.1. The summed E-state index contributed by atoms with van der Waals surface area (Å²) in [6.45, 7) is 1.19. The van der Waals surface area contributed by atoms with Crippen molar-refractivity contribution in [2.24, 2.45) is 0 Å². The Balaban J connectivity index is 2.32. The second-order valence-corrected chi connectivity index (χ2v) is 3.73. The number of fused-ring (bicyclic) bond motifs is 1. The standard InChI is InChI=1S/C12H15FO3/c13-10-4-5-11-12(9(10)3-1-6-14)16-8-2-7-15-11/h4-5,14H,1-3,6-8H2. The van der Waals surface area contributed by atoms with Crippen molar-refractivity contribution in [3.8, 4) is 11.5 Å². The Hall–Kier alpha value is -1.29. The van der Waals surface area contributed by atoms with Gasteiger partial charge >= 0.3 is 0 Å². The molecule has 3 nitrogen and oxygen atoms in total. The number of hydrogen-bond acceptors (Lipinski definition) is 3. The molecule has 0 saturated heterocycles. The van der Waals surface area contributed by atoms with Crippen LogP contribution in [0.4, 0.5) is 4.39 Å². The average molecular weight is 226 g/mol. The van der Waals surface area contributed by atoms with E-state index in [-0.39, 0.29) is 12.4 Å². The molecule has 0 fully saturated rings. The van der Waals surface area contributed by atoms with Gasteiger partial charge < -0.3 is 14.6 Å². The van der Waals surface area contributed by atoms with Crippen molar-refractivity contribution < 1.29 is 19.0 Å². The SMILES string of the molecule is OCCCc1c(F)ccc2c1OCCCO2. The number of aliphatic hydroxyl groups is 1. The summed E-state index contributed by atoms with van der Waals surface area (Å²) in [5.41, 5.74) is 0.508. The first-order valence-electron chi connectivity index (χ1n) is 5.51. The van der Waals surface area contributed by atoms with E-state index in [0.717, 1.165) is 6.42 Å². The molecule has 88 valence electrons. The number of rotatable bonds is 3. The van der Waals surface area contributed by atoms with Crippen molar-refractivity contribution in [1.82, 2.24) is 0 Å². The first-order chi connectivity index (χ1) is 7.83. The number of hydrogen-bond donors (Lipinski definition) is 1. The lowest BCUT2D eigenvalue weighted by molar-refractivity contribution is 0.284. The number of ether oxygens (including phenoxy) is 2. The molecule has 0 saturated carbocycles. The molecule has 0 radical (unpaired) electrons. The molecule has 0 aromatic heterocycles. The molecular weight excluding hydrogens is 211 g/mol. The normalized spacial score (nSPS) is 14.6. The Morgan fingerprint density at radius 1 is 1.25 bits per heavy atom. The molecule has 0 atom stereocenters. The van der Waals surface area contributed by atoms with Crippen molar-refractivity contribution in [3.05, 3.63) is 23.5 Å². The lowest BCUT2D eigenvalue weighted by atomic mass is 10.1. The minimum absolute atomic E-state index is 0.0456. The molecule has 16 heavy (non-hydrogen) atoms. The van der Waals surface area contributed by atoms with Crippen molar-refractivity contribution in [3.63, 3.8) is 0 Å². The Kier molecular flexibility index (Phi) is 3.62. The zero-order chi connectivity index (χ0) is 11.4. The third-order valence-electron chi connectivity index (χ3n) is 2.54. The Morgan fingerprint density at radius 2 is 2.06 bits per heavy atom. The molecule has 0 spiro atoms. The van der Waals surface area contributed by atoms with E-state index in [1.807, 2.05) is 0 Å². The van der Waals surface area contributed by atoms with Crippen LogP contribution in [0.2, 0.25) is 0 Å². The van der Waals surface area contributed by atoms with Gasteiger partial charge in [0.2, 0.25) is 0 Å². The van der Waals surface area contributed by atoms with Gasteiger partial charge in [-0.05, 0) is 25.0 Å². The molecule has 1 aromatic rings. The fraction of sp³-hybridized carbons (Fsp3) is 0.500. The van der Waals surface area contributed by atoms with Gasteiger partial charge in [0, 0.05) is 18.6 Å². The van der Waals surface area contributed by atoms with E-state index in [1.54, 1.807) is 6.07 Å². The molecule has 0 bridgehead atoms. The van der Waals surface area contributed by atoms with E-state index in [1.165, 1.54) is 6.07 Å². The maximum absolute atomic E-state index is 13.6. The molecular formula is C12H15FO3. The molecule has 1 N–H and O–H groups in total. The third kappa shape index (κ3) is 2.27. The largest absolute Gasteiger partial charge is 0.490 e. The van der Waals surface area contributed by atoms with Crippen LogP contribution in [0.25, 0.3) is 0 Å². The summed E-state index contributed by atoms with van der Waals surface area (Å²) in [7, 11) is 0. The summed E-state index contributed by atoms with van der Waals surface area (Å²) >= 11 is 0. The van der Waals surface area contributed by atoms with Crippen LogP contribution in [0.1, 0.15) is 18.4 Å². The van der Waals surface area contributed by atoms with E-state index >= 15 is 0 Å². The van der Waals surface area contributed by atoms with Gasteiger partial charge in [-0.3, -0.25) is 0 Å². The Labute approximate surface area is 93.8 Å². The van der Waals surface area contributed by atoms with Crippen molar-refractivity contribution in [1.29, 1.82) is 0 Å². The van der Waals surface area contributed by atoms with Crippen LogP contribution in [-0.4, -0.2) is 24.9 Å². The second kappa shape index (κ2) is 5.16. The van der Waals surface area contributed by atoms with Crippen LogP contribution in [0.15, 0.2) is 12.1 Å². The van der Waals surface area contributed by atoms with Crippen LogP contribution in [0, 0.1) is 5.82 Å². The van der Waals surface area contributed by atoms with Gasteiger partial charge in [-0.1, -0.05) is 0 Å². The van der Waals surface area contributed by atoms with Gasteiger partial charge in [-0.15, -0.1) is 0 Å². The van der Waals surface area contributed by atoms with Crippen LogP contribution < -0.4 is 9.47 Å². The highest BCUT2D eigenvalue weighted by Crippen LogP contribution is 2.35. The molecule has 1 aliphatic heterocycles. The van der Waals surface area contributed by atoms with E-state index in [4.69, 9.17) is 14.6 Å². The molecule has 1 aromatic carbocycles. The van der Waals surface area contributed by atoms with Gasteiger partial charge in [0.1, 0.15) is 5.82 Å². The molecule has 0 amide bonds. The van der Waals surface area contributed by atoms with Crippen LogP contribution in [-0.2, 0) is 6.42 Å². The minimum atomic E-state index is -0.294. The van der Waals surface area contributed by atoms with Gasteiger partial charge in [-0.2, -0.15) is 0 Å². The molecule has 4 heteroatoms. The summed E-state index contributed by atoms with van der Waals surface area (Å²) in [6.07, 6.45) is 1.79. The zero-order valence-electron chi connectivity index (χ0n) is 9.04. The molecule has 2 rings (SSSR count). The fourth-order valence-corrected chi connectivity index (χ4v) is 1.76. The minimum Gasteiger partial charge on any atom is -0.490 e. The van der Waals surface area contributed by atoms with Gasteiger partial charge in [-0.25, -0.2) is 4.39 Å². The average Bonchev–Trinajstić information content (AvgIpc) is 2.53. The topological polar surface area (TPSA) is 38.7 Å². The van der Waals surface area contributed by atoms with E-state index in [9.17, 15) is 4.39 Å². The van der Waals surface area contributed by atoms with E-state index in [2.05, 4.69) is 0 Å². The maximum Gasteiger partial charge on any atom is 0.167 e. The lowest BCUT2D eigenvalue weighted by Crippen LogP contribution is -2.01. The summed E-state index contributed by atoms with van der Waals surface area (Å²) in [6, 6.07) is 2.98. The van der Waals surface area contributed by atoms with Gasteiger partial charge in [0.15, 0.2) is 11.5 Å². The van der Waals surface area contributed by atoms with Gasteiger partial charge in [0.05, 0.1) is 13.2 Å². The Bertz CT molecular complexity index is 366. The molecule has 1 heterocycles. The lowest BCUT2D eigenvalue weighted by Gasteiger charge is -2.12. The predicted octanol–water partition coefficient (Wildman–Crippen LogP) is 1.91. The summed E-state index contributed by atoms with van der Waals surface area (Å²) in [4.78, 5) is 0. The zero-order valence-corrected chi connectivity index (χ0v) is 9.04. The first-order valence-corrected chi connectivity index (χ1v) is 5.51. The number of halogens is 1. The smallest absolute Gasteiger partial charge is 0.167 e. The summed E-state index contributed by atoms with van der Waals surface area (Å²) in [5.74, 6) is 0.815. The van der Waals surface area contributed by atoms with Crippen molar-refractivity contribution in [2.45, 2.75) is 19.3 Å². The summed E-state index contributed by atoms with van der Waals surface area (Å²) in [5, 5.41) is 8.78. The first kappa shape index (κ1) is 11.2. The van der Waals surface area contributed by atoms with Crippen molar-refractivity contribution >= 4 is 0 Å². The monoisotopic (exact) mass is 226 g/mol. The fourth-order valence-electron chi connectivity index (χ4n) is 1.76. The molecule has 1 aliphatic rings. The molecule has 0 unspecified atom stereocenters. The Morgan fingerprint density at radius 3 is 2.88 bits per heavy atom. The number of benzene rings is 1. The summed E-state index contributed by atoms with van der Waals surface area (Å²) < 4.78 is 24.6. The second-order valence-electron chi connectivity index (χ2n) is 3.73. The molecule has 0 aliphatic carbocycles. The third-order valence-corrected chi connectivity index (χ3v) is 2.54. The van der Waals surface area contributed by atoms with Gasteiger partial charge in [0.25, 0.3) is 0 Å². The van der Waals surface area contributed by atoms with E-state index in [0.29, 0.717) is 43.1 Å². The van der Waals surface area contributed by atoms with Crippen LogP contribution in [0.3, 0.4) is 0 Å². The highest BCUT2D eigenvalue weighted by Gasteiger charge is 2.17. The van der Waals surface area contributed by atoms with Crippen LogP contribution in [0.5, 0.6) is 11.5 Å². The highest BCUT2D eigenvalue weighted by molar-refractivity contribution is 5.47.